The number of benzene rings is 1. The number of nitrogens with one attached hydrogen (secondary N) is 1. The molecule has 0 saturated heterocycles. The third kappa shape index (κ3) is 1.27. The van der Waals surface area contributed by atoms with Gasteiger partial charge in [0.15, 0.2) is 5.69 Å². The molecule has 3 heteroatoms. The van der Waals surface area contributed by atoms with Gasteiger partial charge in [-0.2, -0.15) is 4.57 Å². The van der Waals surface area contributed by atoms with Gasteiger partial charge in [-0.05, 0) is 12.1 Å². The fraction of sp³-hybridized carbons (Fsp3) is 0.125. The SMILES string of the molecule is Cc1c2cnc3[nH]ccc(c4ccccc4[n+]1C)c32. The fourth-order valence-corrected chi connectivity index (χ4v) is 2.91. The summed E-state index contributed by atoms with van der Waals surface area (Å²) in [4.78, 5) is 7.72. The van der Waals surface area contributed by atoms with Gasteiger partial charge in [0.2, 0.25) is 5.52 Å². The Kier molecular flexibility index (Phi) is 1.96. The smallest absolute Gasteiger partial charge is 0.213 e. The van der Waals surface area contributed by atoms with Gasteiger partial charge in [0.25, 0.3) is 0 Å². The maximum atomic E-state index is 4.49. The fourth-order valence-electron chi connectivity index (χ4n) is 2.91. The monoisotopic (exact) mass is 248 g/mol. The third-order valence-corrected chi connectivity index (χ3v) is 4.02. The highest BCUT2D eigenvalue weighted by Crippen LogP contribution is 2.29. The molecule has 92 valence electrons. The van der Waals surface area contributed by atoms with Gasteiger partial charge in [-0.1, -0.05) is 12.1 Å². The molecule has 1 aromatic carbocycles. The molecule has 1 N–H and O–H groups in total. The van der Waals surface area contributed by atoms with E-state index in [1.165, 1.54) is 32.8 Å². The van der Waals surface area contributed by atoms with Crippen molar-refractivity contribution in [3.8, 4) is 0 Å². The average Bonchev–Trinajstić information content (AvgIpc) is 2.86. The summed E-state index contributed by atoms with van der Waals surface area (Å²) >= 11 is 0. The minimum absolute atomic E-state index is 0.956. The number of nitrogens with zero attached hydrogens (tertiary/aromatic N) is 2. The van der Waals surface area contributed by atoms with E-state index in [9.17, 15) is 0 Å². The summed E-state index contributed by atoms with van der Waals surface area (Å²) in [5.74, 6) is 0. The van der Waals surface area contributed by atoms with Crippen LogP contribution in [0.3, 0.4) is 0 Å². The first-order valence-electron chi connectivity index (χ1n) is 6.40. The molecular formula is C16H14N3+. The molecule has 0 fully saturated rings. The Balaban J connectivity index is 2.51. The zero-order chi connectivity index (χ0) is 13.0. The summed E-state index contributed by atoms with van der Waals surface area (Å²) < 4.78 is 2.24. The number of para-hydroxylation sites is 1. The molecule has 0 radical (unpaired) electrons. The zero-order valence-corrected chi connectivity index (χ0v) is 10.9. The first kappa shape index (κ1) is 10.5. The quantitative estimate of drug-likeness (QED) is 0.477. The number of aromatic amines is 1. The molecule has 0 atom stereocenters. The van der Waals surface area contributed by atoms with E-state index in [0.717, 1.165) is 5.65 Å². The predicted molar refractivity (Wildman–Crippen MR) is 77.0 cm³/mol. The predicted octanol–water partition coefficient (Wildman–Crippen LogP) is 3.00. The Morgan fingerprint density at radius 2 is 1.89 bits per heavy atom. The normalized spacial score (nSPS) is 11.7. The Labute approximate surface area is 110 Å². The molecule has 0 aliphatic heterocycles. The first-order chi connectivity index (χ1) is 9.27. The van der Waals surface area contributed by atoms with Crippen molar-refractivity contribution in [2.75, 3.05) is 0 Å². The number of aromatic nitrogens is 3. The third-order valence-electron chi connectivity index (χ3n) is 4.02. The highest BCUT2D eigenvalue weighted by Gasteiger charge is 2.16. The van der Waals surface area contributed by atoms with E-state index >= 15 is 0 Å². The van der Waals surface area contributed by atoms with Gasteiger partial charge in [0.05, 0.1) is 10.8 Å². The molecule has 0 aliphatic rings. The van der Waals surface area contributed by atoms with Crippen LogP contribution in [0.15, 0.2) is 42.7 Å². The number of H-pyrrole nitrogens is 1. The molecule has 0 saturated carbocycles. The maximum absolute atomic E-state index is 4.49. The van der Waals surface area contributed by atoms with Crippen molar-refractivity contribution in [3.05, 3.63) is 48.4 Å². The van der Waals surface area contributed by atoms with Crippen molar-refractivity contribution in [2.45, 2.75) is 6.92 Å². The summed E-state index contributed by atoms with van der Waals surface area (Å²) in [5.41, 5.74) is 3.42. The second-order valence-electron chi connectivity index (χ2n) is 4.95. The molecular weight excluding hydrogens is 234 g/mol. The number of hydrogen-bond acceptors (Lipinski definition) is 1. The molecule has 3 nitrogen and oxygen atoms in total. The van der Waals surface area contributed by atoms with Gasteiger partial charge in [-0.3, -0.25) is 0 Å². The second kappa shape index (κ2) is 3.54. The molecule has 0 bridgehead atoms. The molecule has 19 heavy (non-hydrogen) atoms. The van der Waals surface area contributed by atoms with Gasteiger partial charge in [-0.15, -0.1) is 0 Å². The Hall–Kier alpha value is -2.42. The van der Waals surface area contributed by atoms with E-state index in [-0.39, 0.29) is 0 Å². The second-order valence-corrected chi connectivity index (χ2v) is 4.95. The van der Waals surface area contributed by atoms with Crippen LogP contribution in [0.1, 0.15) is 5.69 Å². The maximum Gasteiger partial charge on any atom is 0.213 e. The molecule has 0 spiro atoms. The van der Waals surface area contributed by atoms with Gasteiger partial charge in [0.1, 0.15) is 12.7 Å². The molecule has 4 rings (SSSR count). The van der Waals surface area contributed by atoms with Crippen LogP contribution in [0.2, 0.25) is 0 Å². The van der Waals surface area contributed by atoms with Crippen molar-refractivity contribution in [1.29, 1.82) is 0 Å². The van der Waals surface area contributed by atoms with E-state index in [1.807, 2.05) is 12.4 Å². The van der Waals surface area contributed by atoms with Crippen molar-refractivity contribution >= 4 is 32.7 Å². The lowest BCUT2D eigenvalue weighted by molar-refractivity contribution is -0.649. The van der Waals surface area contributed by atoms with Gasteiger partial charge in [0, 0.05) is 36.2 Å². The van der Waals surface area contributed by atoms with E-state index in [0.29, 0.717) is 0 Å². The van der Waals surface area contributed by atoms with Crippen LogP contribution in [-0.2, 0) is 7.05 Å². The van der Waals surface area contributed by atoms with Crippen LogP contribution in [0, 0.1) is 6.92 Å². The summed E-state index contributed by atoms with van der Waals surface area (Å²) in [7, 11) is 2.11. The topological polar surface area (TPSA) is 32.6 Å². The van der Waals surface area contributed by atoms with E-state index in [4.69, 9.17) is 0 Å². The minimum Gasteiger partial charge on any atom is -0.346 e. The first-order valence-corrected chi connectivity index (χ1v) is 6.40. The van der Waals surface area contributed by atoms with E-state index in [1.54, 1.807) is 0 Å². The van der Waals surface area contributed by atoms with Gasteiger partial charge in [-0.25, -0.2) is 4.98 Å². The lowest BCUT2D eigenvalue weighted by atomic mass is 10.1. The van der Waals surface area contributed by atoms with Crippen LogP contribution in [-0.4, -0.2) is 9.97 Å². The summed E-state index contributed by atoms with van der Waals surface area (Å²) in [5, 5.41) is 4.94. The molecule has 0 amide bonds. The lowest BCUT2D eigenvalue weighted by Gasteiger charge is -1.95. The molecule has 0 aliphatic carbocycles. The van der Waals surface area contributed by atoms with Crippen molar-refractivity contribution in [2.24, 2.45) is 7.05 Å². The standard InChI is InChI=1S/C16H13N3/c1-10-13-9-18-16-15(13)12(7-8-17-16)11-5-3-4-6-14(11)19(10)2/h3-9H,1-2H3/p+1. The lowest BCUT2D eigenvalue weighted by Crippen LogP contribution is -2.31. The number of aryl methyl sites for hydroxylation is 2. The Morgan fingerprint density at radius 3 is 2.79 bits per heavy atom. The summed E-state index contributed by atoms with van der Waals surface area (Å²) in [6, 6.07) is 10.7. The molecule has 4 aromatic rings. The summed E-state index contributed by atoms with van der Waals surface area (Å²) in [6.45, 7) is 2.15. The van der Waals surface area contributed by atoms with Gasteiger partial charge >= 0.3 is 0 Å². The van der Waals surface area contributed by atoms with E-state index in [2.05, 4.69) is 58.8 Å². The minimum atomic E-state index is 0.956. The van der Waals surface area contributed by atoms with Crippen LogP contribution >= 0.6 is 0 Å². The average molecular weight is 248 g/mol. The number of rotatable bonds is 0. The number of fused-ring (bicyclic) bond motifs is 2. The number of pyridine rings is 1. The molecule has 3 aromatic heterocycles. The molecule has 3 heterocycles. The van der Waals surface area contributed by atoms with Gasteiger partial charge < -0.3 is 4.98 Å². The van der Waals surface area contributed by atoms with Crippen molar-refractivity contribution in [1.82, 2.24) is 9.97 Å². The number of hydrogen-bond donors (Lipinski definition) is 1. The highest BCUT2D eigenvalue weighted by molar-refractivity contribution is 6.16. The van der Waals surface area contributed by atoms with Crippen LogP contribution in [0.25, 0.3) is 32.7 Å². The zero-order valence-electron chi connectivity index (χ0n) is 10.9. The van der Waals surface area contributed by atoms with Crippen LogP contribution in [0.4, 0.5) is 0 Å². The largest absolute Gasteiger partial charge is 0.346 e. The highest BCUT2D eigenvalue weighted by atomic mass is 14.9. The van der Waals surface area contributed by atoms with Crippen molar-refractivity contribution < 1.29 is 4.57 Å². The summed E-state index contributed by atoms with van der Waals surface area (Å²) in [6.07, 6.45) is 3.92. The molecule has 0 unspecified atom stereocenters. The van der Waals surface area contributed by atoms with Crippen molar-refractivity contribution in [3.63, 3.8) is 0 Å². The Morgan fingerprint density at radius 1 is 1.05 bits per heavy atom. The van der Waals surface area contributed by atoms with Crippen LogP contribution < -0.4 is 4.57 Å². The van der Waals surface area contributed by atoms with Crippen LogP contribution in [0.5, 0.6) is 0 Å². The van der Waals surface area contributed by atoms with E-state index < -0.39 is 0 Å². The Bertz CT molecular complexity index is 924.